The number of aromatic amines is 1. The van der Waals surface area contributed by atoms with Crippen LogP contribution in [0.1, 0.15) is 36.0 Å². The molecule has 2 heterocycles. The summed E-state index contributed by atoms with van der Waals surface area (Å²) in [5.74, 6) is 0.896. The molecule has 0 aliphatic heterocycles. The summed E-state index contributed by atoms with van der Waals surface area (Å²) >= 11 is 0. The van der Waals surface area contributed by atoms with E-state index in [2.05, 4.69) is 27.2 Å². The predicted octanol–water partition coefficient (Wildman–Crippen LogP) is 3.57. The van der Waals surface area contributed by atoms with Gasteiger partial charge in [-0.05, 0) is 36.2 Å². The fraction of sp³-hybridized carbons (Fsp3) is 0.174. The number of rotatable bonds is 6. The highest BCUT2D eigenvalue weighted by Gasteiger charge is 2.10. The molecular formula is C23H19FN6O. The largest absolute Gasteiger partial charge is 0.288 e. The molecule has 0 aliphatic carbocycles. The first kappa shape index (κ1) is 20.2. The summed E-state index contributed by atoms with van der Waals surface area (Å²) in [6.07, 6.45) is 3.55. The average Bonchev–Trinajstić information content (AvgIpc) is 3.24. The zero-order chi connectivity index (χ0) is 21.8. The average molecular weight is 414 g/mol. The lowest BCUT2D eigenvalue weighted by molar-refractivity contribution is 0.624. The number of H-pyrrole nitrogens is 1. The molecular weight excluding hydrogens is 395 g/mol. The first-order valence-electron chi connectivity index (χ1n) is 9.86. The molecule has 0 radical (unpaired) electrons. The molecule has 4 rings (SSSR count). The van der Waals surface area contributed by atoms with Crippen LogP contribution in [0.4, 0.5) is 4.39 Å². The van der Waals surface area contributed by atoms with Crippen molar-refractivity contribution in [2.75, 3.05) is 0 Å². The molecule has 31 heavy (non-hydrogen) atoms. The second-order valence-electron chi connectivity index (χ2n) is 7.11. The molecule has 154 valence electrons. The van der Waals surface area contributed by atoms with Gasteiger partial charge in [0, 0.05) is 30.7 Å². The molecule has 0 spiro atoms. The number of halogens is 1. The molecule has 8 heteroatoms. The number of nitrogens with zero attached hydrogens (tertiary/aromatic N) is 5. The summed E-state index contributed by atoms with van der Waals surface area (Å²) in [6, 6.07) is 14.8. The zero-order valence-electron chi connectivity index (χ0n) is 16.8. The minimum atomic E-state index is -0.544. The normalized spacial score (nSPS) is 10.7. The summed E-state index contributed by atoms with van der Waals surface area (Å²) in [5.41, 5.74) is 2.36. The third-order valence-electron chi connectivity index (χ3n) is 4.73. The second-order valence-corrected chi connectivity index (χ2v) is 7.11. The number of hydrogen-bond donors (Lipinski definition) is 1. The maximum Gasteiger partial charge on any atom is 0.203 e. The first-order valence-corrected chi connectivity index (χ1v) is 9.86. The van der Waals surface area contributed by atoms with Crippen molar-refractivity contribution in [2.24, 2.45) is 0 Å². The summed E-state index contributed by atoms with van der Waals surface area (Å²) < 4.78 is 15.2. The van der Waals surface area contributed by atoms with Gasteiger partial charge in [0.15, 0.2) is 5.82 Å². The van der Waals surface area contributed by atoms with Crippen LogP contribution in [0, 0.1) is 17.1 Å². The Kier molecular flexibility index (Phi) is 5.67. The quantitative estimate of drug-likeness (QED) is 0.520. The van der Waals surface area contributed by atoms with Crippen molar-refractivity contribution in [1.29, 1.82) is 5.26 Å². The molecule has 0 atom stereocenters. The van der Waals surface area contributed by atoms with Crippen LogP contribution in [-0.4, -0.2) is 25.0 Å². The highest BCUT2D eigenvalue weighted by molar-refractivity contribution is 5.56. The molecule has 2 aromatic carbocycles. The van der Waals surface area contributed by atoms with E-state index < -0.39 is 5.82 Å². The van der Waals surface area contributed by atoms with Crippen molar-refractivity contribution in [2.45, 2.75) is 26.2 Å². The van der Waals surface area contributed by atoms with E-state index in [0.29, 0.717) is 23.6 Å². The number of aromatic nitrogens is 5. The number of nitriles is 1. The molecule has 1 N–H and O–H groups in total. The molecule has 7 nitrogen and oxygen atoms in total. The lowest BCUT2D eigenvalue weighted by Crippen LogP contribution is -2.16. The van der Waals surface area contributed by atoms with Crippen LogP contribution in [0.2, 0.25) is 0 Å². The van der Waals surface area contributed by atoms with E-state index in [0.717, 1.165) is 35.9 Å². The zero-order valence-corrected chi connectivity index (χ0v) is 16.8. The lowest BCUT2D eigenvalue weighted by atomic mass is 10.1. The minimum absolute atomic E-state index is 0.179. The number of hydrogen-bond acceptors (Lipinski definition) is 5. The summed E-state index contributed by atoms with van der Waals surface area (Å²) in [5, 5.41) is 20.7. The van der Waals surface area contributed by atoms with Gasteiger partial charge in [-0.2, -0.15) is 15.5 Å². The molecule has 0 aliphatic rings. The van der Waals surface area contributed by atoms with Gasteiger partial charge in [0.1, 0.15) is 17.3 Å². The summed E-state index contributed by atoms with van der Waals surface area (Å²) in [7, 11) is 0. The Morgan fingerprint density at radius 2 is 2.06 bits per heavy atom. The first-order chi connectivity index (χ1) is 15.1. The van der Waals surface area contributed by atoms with E-state index in [-0.39, 0.29) is 11.0 Å². The monoisotopic (exact) mass is 414 g/mol. The molecule has 0 saturated heterocycles. The molecule has 4 aromatic rings. The van der Waals surface area contributed by atoms with E-state index in [4.69, 9.17) is 5.26 Å². The van der Waals surface area contributed by atoms with Gasteiger partial charge in [0.05, 0.1) is 17.3 Å². The molecule has 2 aromatic heterocycles. The number of nitrogens with one attached hydrogen (secondary N) is 1. The van der Waals surface area contributed by atoms with Crippen molar-refractivity contribution in [3.05, 3.63) is 93.4 Å². The van der Waals surface area contributed by atoms with Crippen molar-refractivity contribution < 1.29 is 4.39 Å². The summed E-state index contributed by atoms with van der Waals surface area (Å²) in [6.45, 7) is 2.08. The maximum atomic E-state index is 13.8. The Balaban J connectivity index is 1.64. The lowest BCUT2D eigenvalue weighted by Gasteiger charge is -2.09. The number of aryl methyl sites for hydroxylation is 1. The fourth-order valence-electron chi connectivity index (χ4n) is 3.27. The summed E-state index contributed by atoms with van der Waals surface area (Å²) in [4.78, 5) is 16.9. The van der Waals surface area contributed by atoms with Gasteiger partial charge in [-0.15, -0.1) is 0 Å². The Morgan fingerprint density at radius 3 is 2.87 bits per heavy atom. The van der Waals surface area contributed by atoms with Crippen molar-refractivity contribution in [3.8, 4) is 23.1 Å². The Bertz CT molecular complexity index is 1330. The van der Waals surface area contributed by atoms with E-state index in [1.165, 1.54) is 29.1 Å². The smallest absolute Gasteiger partial charge is 0.203 e. The second kappa shape index (κ2) is 8.71. The maximum absolute atomic E-state index is 13.8. The molecule has 0 fully saturated rings. The van der Waals surface area contributed by atoms with Crippen LogP contribution in [0.5, 0.6) is 0 Å². The van der Waals surface area contributed by atoms with E-state index >= 15 is 0 Å². The van der Waals surface area contributed by atoms with Crippen LogP contribution in [0.3, 0.4) is 0 Å². The van der Waals surface area contributed by atoms with Gasteiger partial charge in [-0.1, -0.05) is 25.1 Å². The Labute approximate surface area is 177 Å². The number of benzene rings is 2. The molecule has 0 bridgehead atoms. The highest BCUT2D eigenvalue weighted by atomic mass is 19.1. The minimum Gasteiger partial charge on any atom is -0.288 e. The van der Waals surface area contributed by atoms with E-state index in [9.17, 15) is 9.18 Å². The van der Waals surface area contributed by atoms with Gasteiger partial charge in [-0.25, -0.2) is 14.1 Å². The molecule has 0 amide bonds. The van der Waals surface area contributed by atoms with Crippen molar-refractivity contribution >= 4 is 0 Å². The van der Waals surface area contributed by atoms with Crippen molar-refractivity contribution in [3.63, 3.8) is 0 Å². The predicted molar refractivity (Wildman–Crippen MR) is 113 cm³/mol. The van der Waals surface area contributed by atoms with E-state index in [1.54, 1.807) is 0 Å². The third kappa shape index (κ3) is 4.56. The molecule has 0 unspecified atom stereocenters. The Hall–Kier alpha value is -4.12. The topological polar surface area (TPSA) is 100 Å². The van der Waals surface area contributed by atoms with Crippen LogP contribution in [0.15, 0.2) is 59.5 Å². The Morgan fingerprint density at radius 1 is 1.19 bits per heavy atom. The van der Waals surface area contributed by atoms with Crippen LogP contribution in [-0.2, 0) is 12.8 Å². The SMILES string of the molecule is CCCc1nc(-c2cccc(Cc3nn(-c4cc(F)cc(C#N)c4)ccc3=O)c2)n[nH]1. The van der Waals surface area contributed by atoms with Gasteiger partial charge < -0.3 is 0 Å². The van der Waals surface area contributed by atoms with Crippen LogP contribution < -0.4 is 5.43 Å². The van der Waals surface area contributed by atoms with Gasteiger partial charge in [0.25, 0.3) is 0 Å². The highest BCUT2D eigenvalue weighted by Crippen LogP contribution is 2.18. The van der Waals surface area contributed by atoms with Gasteiger partial charge in [-0.3, -0.25) is 9.89 Å². The van der Waals surface area contributed by atoms with Crippen molar-refractivity contribution in [1.82, 2.24) is 25.0 Å². The van der Waals surface area contributed by atoms with E-state index in [1.807, 2.05) is 30.3 Å². The standard InChI is InChI=1S/C23H19FN6O/c1-2-4-22-26-23(28-27-22)17-6-3-5-15(9-17)12-20-21(31)7-8-30(29-20)19-11-16(14-25)10-18(24)13-19/h3,5-11,13H,2,4,12H2,1H3,(H,26,27,28). The molecule has 0 saturated carbocycles. The third-order valence-corrected chi connectivity index (χ3v) is 4.73. The fourth-order valence-corrected chi connectivity index (χ4v) is 3.27. The van der Waals surface area contributed by atoms with Gasteiger partial charge in [0.2, 0.25) is 5.43 Å². The van der Waals surface area contributed by atoms with Crippen LogP contribution in [0.25, 0.3) is 17.1 Å². The van der Waals surface area contributed by atoms with Crippen LogP contribution >= 0.6 is 0 Å². The van der Waals surface area contributed by atoms with Gasteiger partial charge >= 0.3 is 0 Å².